The number of nitrogens with zero attached hydrogens (tertiary/aromatic N) is 3. The van der Waals surface area contributed by atoms with Gasteiger partial charge in [-0.15, -0.1) is 0 Å². The van der Waals surface area contributed by atoms with Crippen LogP contribution in [-0.2, 0) is 4.79 Å². The van der Waals surface area contributed by atoms with Gasteiger partial charge in [-0.05, 0) is 26.7 Å². The van der Waals surface area contributed by atoms with Crippen LogP contribution in [0.3, 0.4) is 0 Å². The number of amides is 1. The average Bonchev–Trinajstić information content (AvgIpc) is 3.13. The normalized spacial score (nSPS) is 22.5. The Morgan fingerprint density at radius 2 is 1.94 bits per heavy atom. The molecule has 0 atom stereocenters. The van der Waals surface area contributed by atoms with Gasteiger partial charge in [0.1, 0.15) is 5.54 Å². The lowest BCUT2D eigenvalue weighted by atomic mass is 10.0. The molecular weight excluding hydrogens is 228 g/mol. The van der Waals surface area contributed by atoms with Gasteiger partial charge in [-0.2, -0.15) is 5.26 Å². The maximum Gasteiger partial charge on any atom is 0.234 e. The van der Waals surface area contributed by atoms with Crippen molar-refractivity contribution in [2.75, 3.05) is 32.7 Å². The second-order valence-corrected chi connectivity index (χ2v) is 5.78. The van der Waals surface area contributed by atoms with Crippen LogP contribution in [0.15, 0.2) is 0 Å². The average molecular weight is 250 g/mol. The van der Waals surface area contributed by atoms with Crippen molar-refractivity contribution in [3.8, 4) is 6.07 Å². The highest BCUT2D eigenvalue weighted by molar-refractivity contribution is 5.78. The van der Waals surface area contributed by atoms with Gasteiger partial charge in [0.15, 0.2) is 0 Å². The largest absolute Gasteiger partial charge is 0.352 e. The van der Waals surface area contributed by atoms with E-state index < -0.39 is 5.54 Å². The third-order valence-corrected chi connectivity index (χ3v) is 3.75. The summed E-state index contributed by atoms with van der Waals surface area (Å²) in [5.41, 5.74) is -0.400. The van der Waals surface area contributed by atoms with Crippen molar-refractivity contribution in [2.45, 2.75) is 38.3 Å². The van der Waals surface area contributed by atoms with E-state index in [4.69, 9.17) is 5.26 Å². The number of hydrogen-bond donors (Lipinski definition) is 1. The van der Waals surface area contributed by atoms with E-state index in [0.717, 1.165) is 39.0 Å². The molecule has 5 nitrogen and oxygen atoms in total. The molecule has 0 aromatic carbocycles. The molecule has 1 aliphatic carbocycles. The fraction of sp³-hybridized carbons (Fsp3) is 0.846. The van der Waals surface area contributed by atoms with Crippen LogP contribution >= 0.6 is 0 Å². The molecule has 5 heteroatoms. The van der Waals surface area contributed by atoms with E-state index in [0.29, 0.717) is 12.6 Å². The minimum Gasteiger partial charge on any atom is -0.352 e. The first-order valence-electron chi connectivity index (χ1n) is 6.69. The predicted octanol–water partition coefficient (Wildman–Crippen LogP) is 0.185. The number of nitrogens with one attached hydrogen (secondary N) is 1. The van der Waals surface area contributed by atoms with Gasteiger partial charge in [0.25, 0.3) is 0 Å². The molecule has 0 radical (unpaired) electrons. The van der Waals surface area contributed by atoms with Gasteiger partial charge in [0.2, 0.25) is 5.91 Å². The summed E-state index contributed by atoms with van der Waals surface area (Å²) in [5, 5.41) is 12.1. The fourth-order valence-corrected chi connectivity index (χ4v) is 2.24. The lowest BCUT2D eigenvalue weighted by molar-refractivity contribution is -0.122. The van der Waals surface area contributed by atoms with Crippen molar-refractivity contribution in [1.29, 1.82) is 5.26 Å². The summed E-state index contributed by atoms with van der Waals surface area (Å²) in [6, 6.07) is 2.77. The molecule has 1 heterocycles. The number of piperazine rings is 1. The molecule has 0 unspecified atom stereocenters. The highest BCUT2D eigenvalue weighted by Crippen LogP contribution is 2.19. The quantitative estimate of drug-likeness (QED) is 0.773. The summed E-state index contributed by atoms with van der Waals surface area (Å²) in [7, 11) is 0. The molecule has 2 rings (SSSR count). The highest BCUT2D eigenvalue weighted by atomic mass is 16.2. The van der Waals surface area contributed by atoms with Crippen molar-refractivity contribution in [2.24, 2.45) is 0 Å². The van der Waals surface area contributed by atoms with Crippen LogP contribution < -0.4 is 5.32 Å². The molecule has 2 fully saturated rings. The Balaban J connectivity index is 1.73. The number of carbonyl (C=O) groups excluding carboxylic acids is 1. The van der Waals surface area contributed by atoms with E-state index in [1.54, 1.807) is 0 Å². The first-order chi connectivity index (χ1) is 8.51. The molecule has 0 spiro atoms. The van der Waals surface area contributed by atoms with Crippen LogP contribution in [0.2, 0.25) is 0 Å². The molecule has 0 aromatic heterocycles. The van der Waals surface area contributed by atoms with Crippen LogP contribution in [0.1, 0.15) is 26.7 Å². The van der Waals surface area contributed by atoms with Crippen molar-refractivity contribution in [3.05, 3.63) is 0 Å². The van der Waals surface area contributed by atoms with E-state index >= 15 is 0 Å². The third kappa shape index (κ3) is 3.44. The molecule has 1 amide bonds. The van der Waals surface area contributed by atoms with Crippen molar-refractivity contribution < 1.29 is 4.79 Å². The predicted molar refractivity (Wildman–Crippen MR) is 68.9 cm³/mol. The van der Waals surface area contributed by atoms with Crippen molar-refractivity contribution >= 4 is 5.91 Å². The Hall–Kier alpha value is -1.12. The molecule has 100 valence electrons. The minimum atomic E-state index is -0.400. The van der Waals surface area contributed by atoms with Crippen molar-refractivity contribution in [1.82, 2.24) is 15.1 Å². The molecule has 18 heavy (non-hydrogen) atoms. The molecule has 1 saturated heterocycles. The topological polar surface area (TPSA) is 59.4 Å². The van der Waals surface area contributed by atoms with E-state index in [1.165, 1.54) is 0 Å². The third-order valence-electron chi connectivity index (χ3n) is 3.75. The summed E-state index contributed by atoms with van der Waals surface area (Å²) in [4.78, 5) is 16.0. The zero-order chi connectivity index (χ0) is 13.2. The maximum absolute atomic E-state index is 11.7. The van der Waals surface area contributed by atoms with Gasteiger partial charge in [-0.1, -0.05) is 0 Å². The van der Waals surface area contributed by atoms with E-state index in [1.807, 2.05) is 13.8 Å². The van der Waals surface area contributed by atoms with Crippen LogP contribution in [0, 0.1) is 11.3 Å². The van der Waals surface area contributed by atoms with Crippen LogP contribution in [-0.4, -0.2) is 60.0 Å². The van der Waals surface area contributed by atoms with E-state index in [2.05, 4.69) is 21.2 Å². The Kier molecular flexibility index (Phi) is 3.88. The zero-order valence-corrected chi connectivity index (χ0v) is 11.3. The number of hydrogen-bond acceptors (Lipinski definition) is 4. The fourth-order valence-electron chi connectivity index (χ4n) is 2.24. The van der Waals surface area contributed by atoms with Crippen molar-refractivity contribution in [3.63, 3.8) is 0 Å². The summed E-state index contributed by atoms with van der Waals surface area (Å²) in [6.45, 7) is 7.84. The number of carbonyl (C=O) groups is 1. The molecule has 2 aliphatic rings. The Bertz CT molecular complexity index is 348. The maximum atomic E-state index is 11.7. The van der Waals surface area contributed by atoms with Crippen LogP contribution in [0.4, 0.5) is 0 Å². The van der Waals surface area contributed by atoms with Gasteiger partial charge in [0, 0.05) is 32.2 Å². The second kappa shape index (κ2) is 5.25. The molecule has 1 saturated carbocycles. The van der Waals surface area contributed by atoms with E-state index in [9.17, 15) is 4.79 Å². The first kappa shape index (κ1) is 13.3. The number of nitriles is 1. The highest BCUT2D eigenvalue weighted by Gasteiger charge is 2.30. The summed E-state index contributed by atoms with van der Waals surface area (Å²) in [5.74, 6) is 0.144. The SMILES string of the molecule is CC(C)(C#N)N1CCN(CC(=O)NC2CC2)CC1. The summed E-state index contributed by atoms with van der Waals surface area (Å²) < 4.78 is 0. The lowest BCUT2D eigenvalue weighted by Crippen LogP contribution is -2.55. The van der Waals surface area contributed by atoms with Crippen LogP contribution in [0.25, 0.3) is 0 Å². The molecule has 1 N–H and O–H groups in total. The number of rotatable bonds is 4. The second-order valence-electron chi connectivity index (χ2n) is 5.78. The monoisotopic (exact) mass is 250 g/mol. The van der Waals surface area contributed by atoms with Gasteiger partial charge >= 0.3 is 0 Å². The lowest BCUT2D eigenvalue weighted by Gasteiger charge is -2.40. The molecule has 1 aliphatic heterocycles. The first-order valence-corrected chi connectivity index (χ1v) is 6.69. The molecular formula is C13H22N4O. The van der Waals surface area contributed by atoms with Gasteiger partial charge < -0.3 is 5.32 Å². The van der Waals surface area contributed by atoms with Gasteiger partial charge in [0.05, 0.1) is 12.6 Å². The zero-order valence-electron chi connectivity index (χ0n) is 11.3. The summed E-state index contributed by atoms with van der Waals surface area (Å²) >= 11 is 0. The van der Waals surface area contributed by atoms with Gasteiger partial charge in [-0.25, -0.2) is 0 Å². The van der Waals surface area contributed by atoms with Gasteiger partial charge in [-0.3, -0.25) is 14.6 Å². The Morgan fingerprint density at radius 3 is 2.44 bits per heavy atom. The smallest absolute Gasteiger partial charge is 0.234 e. The standard InChI is InChI=1S/C13H22N4O/c1-13(2,10-14)17-7-5-16(6-8-17)9-12(18)15-11-3-4-11/h11H,3-9H2,1-2H3,(H,15,18). The van der Waals surface area contributed by atoms with Crippen LogP contribution in [0.5, 0.6) is 0 Å². The molecule has 0 bridgehead atoms. The Morgan fingerprint density at radius 1 is 1.33 bits per heavy atom. The molecule has 0 aromatic rings. The minimum absolute atomic E-state index is 0.144. The Labute approximate surface area is 109 Å². The van der Waals surface area contributed by atoms with E-state index in [-0.39, 0.29) is 5.91 Å². The summed E-state index contributed by atoms with van der Waals surface area (Å²) in [6.07, 6.45) is 2.27.